The van der Waals surface area contributed by atoms with Crippen molar-refractivity contribution in [2.45, 2.75) is 17.9 Å². The number of carbonyl (C=O) groups is 1. The normalized spacial score (nSPS) is 12.5. The van der Waals surface area contributed by atoms with Crippen LogP contribution in [0.15, 0.2) is 77.0 Å². The minimum Gasteiger partial charge on any atom is -0.462 e. The third kappa shape index (κ3) is 4.63. The Morgan fingerprint density at radius 2 is 1.74 bits per heavy atom. The van der Waals surface area contributed by atoms with Gasteiger partial charge < -0.3 is 4.74 Å². The average Bonchev–Trinajstić information content (AvgIpc) is 3.22. The highest BCUT2D eigenvalue weighted by Crippen LogP contribution is 2.28. The third-order valence-electron chi connectivity index (χ3n) is 3.91. The second kappa shape index (κ2) is 8.47. The minimum absolute atomic E-state index is 0.0908. The summed E-state index contributed by atoms with van der Waals surface area (Å²) in [6.07, 6.45) is 0. The predicted octanol–water partition coefficient (Wildman–Crippen LogP) is 3.99. The molecule has 0 saturated heterocycles. The maximum absolute atomic E-state index is 12.9. The van der Waals surface area contributed by atoms with Crippen molar-refractivity contribution in [1.29, 1.82) is 0 Å². The molecule has 5 nitrogen and oxygen atoms in total. The molecular formula is C20H19NO4S2. The fraction of sp³-hybridized carbons (Fsp3) is 0.150. The van der Waals surface area contributed by atoms with Crippen LogP contribution in [0.3, 0.4) is 0 Å². The summed E-state index contributed by atoms with van der Waals surface area (Å²) in [4.78, 5) is 12.7. The molecule has 7 heteroatoms. The lowest BCUT2D eigenvalue weighted by molar-refractivity contribution is 0.0526. The van der Waals surface area contributed by atoms with Crippen LogP contribution in [-0.2, 0) is 14.8 Å². The SMILES string of the molecule is CCOC(=O)c1ccc(S(=O)(=O)N[C@@H](c2ccccc2)c2cccs2)cc1. The number of hydrogen-bond donors (Lipinski definition) is 1. The summed E-state index contributed by atoms with van der Waals surface area (Å²) in [5.74, 6) is -0.477. The van der Waals surface area contributed by atoms with E-state index in [4.69, 9.17) is 4.74 Å². The first-order valence-corrected chi connectivity index (χ1v) is 10.8. The van der Waals surface area contributed by atoms with Crippen LogP contribution in [-0.4, -0.2) is 21.0 Å². The summed E-state index contributed by atoms with van der Waals surface area (Å²) in [6.45, 7) is 1.98. The summed E-state index contributed by atoms with van der Waals surface area (Å²) in [5, 5.41) is 1.91. The molecule has 0 radical (unpaired) electrons. The third-order valence-corrected chi connectivity index (χ3v) is 6.29. The highest BCUT2D eigenvalue weighted by Gasteiger charge is 2.24. The topological polar surface area (TPSA) is 72.5 Å². The van der Waals surface area contributed by atoms with Gasteiger partial charge in [0.25, 0.3) is 0 Å². The van der Waals surface area contributed by atoms with Gasteiger partial charge in [0.15, 0.2) is 0 Å². The molecule has 1 N–H and O–H groups in total. The van der Waals surface area contributed by atoms with Crippen LogP contribution in [0, 0.1) is 0 Å². The van der Waals surface area contributed by atoms with Gasteiger partial charge in [-0.05, 0) is 48.2 Å². The summed E-state index contributed by atoms with van der Waals surface area (Å²) < 4.78 is 33.5. The first-order chi connectivity index (χ1) is 13.0. The molecule has 1 heterocycles. The fourth-order valence-electron chi connectivity index (χ4n) is 2.60. The van der Waals surface area contributed by atoms with Gasteiger partial charge in [0.1, 0.15) is 0 Å². The summed E-state index contributed by atoms with van der Waals surface area (Å²) in [7, 11) is -3.78. The Balaban J connectivity index is 1.88. The Morgan fingerprint density at radius 3 is 2.33 bits per heavy atom. The van der Waals surface area contributed by atoms with Gasteiger partial charge in [0.2, 0.25) is 10.0 Å². The smallest absolute Gasteiger partial charge is 0.338 e. The number of sulfonamides is 1. The second-order valence-electron chi connectivity index (χ2n) is 5.73. The number of rotatable bonds is 7. The molecule has 0 amide bonds. The van der Waals surface area contributed by atoms with E-state index in [9.17, 15) is 13.2 Å². The van der Waals surface area contributed by atoms with Crippen molar-refractivity contribution < 1.29 is 17.9 Å². The van der Waals surface area contributed by atoms with Crippen molar-refractivity contribution in [3.63, 3.8) is 0 Å². The Kier molecular flexibility index (Phi) is 6.05. The number of benzene rings is 2. The molecule has 0 aliphatic carbocycles. The zero-order valence-corrected chi connectivity index (χ0v) is 16.3. The van der Waals surface area contributed by atoms with Crippen molar-refractivity contribution in [3.8, 4) is 0 Å². The maximum atomic E-state index is 12.9. The molecular weight excluding hydrogens is 382 g/mol. The zero-order valence-electron chi connectivity index (χ0n) is 14.7. The number of thiophene rings is 1. The van der Waals surface area contributed by atoms with E-state index in [1.165, 1.54) is 35.6 Å². The van der Waals surface area contributed by atoms with Crippen molar-refractivity contribution in [3.05, 3.63) is 88.1 Å². The lowest BCUT2D eigenvalue weighted by Crippen LogP contribution is -2.29. The molecule has 1 atom stereocenters. The van der Waals surface area contributed by atoms with E-state index >= 15 is 0 Å². The Labute approximate surface area is 162 Å². The minimum atomic E-state index is -3.78. The second-order valence-corrected chi connectivity index (χ2v) is 8.42. The first-order valence-electron chi connectivity index (χ1n) is 8.39. The van der Waals surface area contributed by atoms with E-state index < -0.39 is 22.0 Å². The standard InChI is InChI=1S/C20H19NO4S2/c1-2-25-20(22)16-10-12-17(13-11-16)27(23,24)21-19(18-9-6-14-26-18)15-7-4-3-5-8-15/h3-14,19,21H,2H2,1H3/t19-/m0/s1. The van der Waals surface area contributed by atoms with E-state index in [1.807, 2.05) is 47.8 Å². The molecule has 0 fully saturated rings. The van der Waals surface area contributed by atoms with Gasteiger partial charge in [-0.15, -0.1) is 11.3 Å². The van der Waals surface area contributed by atoms with Crippen LogP contribution in [0.2, 0.25) is 0 Å². The van der Waals surface area contributed by atoms with E-state index in [2.05, 4.69) is 4.72 Å². The summed E-state index contributed by atoms with van der Waals surface area (Å²) >= 11 is 1.49. The van der Waals surface area contributed by atoms with Crippen molar-refractivity contribution in [2.24, 2.45) is 0 Å². The molecule has 0 aliphatic rings. The van der Waals surface area contributed by atoms with Crippen molar-refractivity contribution in [1.82, 2.24) is 4.72 Å². The molecule has 3 aromatic rings. The molecule has 2 aromatic carbocycles. The van der Waals surface area contributed by atoms with Gasteiger partial charge in [-0.3, -0.25) is 0 Å². The average molecular weight is 402 g/mol. The number of carbonyl (C=O) groups excluding carboxylic acids is 1. The zero-order chi connectivity index (χ0) is 19.3. The molecule has 27 heavy (non-hydrogen) atoms. The molecule has 0 bridgehead atoms. The summed E-state index contributed by atoms with van der Waals surface area (Å²) in [5.41, 5.74) is 1.17. The van der Waals surface area contributed by atoms with Gasteiger partial charge >= 0.3 is 5.97 Å². The summed E-state index contributed by atoms with van der Waals surface area (Å²) in [6, 6.07) is 18.4. The highest BCUT2D eigenvalue weighted by atomic mass is 32.2. The van der Waals surface area contributed by atoms with E-state index in [0.717, 1.165) is 10.4 Å². The van der Waals surface area contributed by atoms with Gasteiger partial charge in [-0.25, -0.2) is 13.2 Å². The van der Waals surface area contributed by atoms with Crippen LogP contribution in [0.25, 0.3) is 0 Å². The number of esters is 1. The van der Waals surface area contributed by atoms with Crippen LogP contribution in [0.4, 0.5) is 0 Å². The van der Waals surface area contributed by atoms with E-state index in [-0.39, 0.29) is 11.5 Å². The molecule has 140 valence electrons. The molecule has 0 spiro atoms. The lowest BCUT2D eigenvalue weighted by atomic mass is 10.1. The van der Waals surface area contributed by atoms with Gasteiger partial charge in [0, 0.05) is 4.88 Å². The molecule has 0 saturated carbocycles. The van der Waals surface area contributed by atoms with Gasteiger partial charge in [0.05, 0.1) is 23.1 Å². The number of hydrogen-bond acceptors (Lipinski definition) is 5. The highest BCUT2D eigenvalue weighted by molar-refractivity contribution is 7.89. The fourth-order valence-corrected chi connectivity index (χ4v) is 4.68. The molecule has 1 aromatic heterocycles. The van der Waals surface area contributed by atoms with Gasteiger partial charge in [-0.1, -0.05) is 36.4 Å². The van der Waals surface area contributed by atoms with Crippen LogP contribution in [0.1, 0.15) is 33.8 Å². The largest absolute Gasteiger partial charge is 0.462 e. The Bertz CT molecular complexity index is 982. The van der Waals surface area contributed by atoms with Crippen molar-refractivity contribution in [2.75, 3.05) is 6.61 Å². The van der Waals surface area contributed by atoms with Crippen LogP contribution in [0.5, 0.6) is 0 Å². The molecule has 0 aliphatic heterocycles. The monoisotopic (exact) mass is 401 g/mol. The van der Waals surface area contributed by atoms with Crippen LogP contribution < -0.4 is 4.72 Å². The first kappa shape index (κ1) is 19.3. The number of ether oxygens (including phenoxy) is 1. The Morgan fingerprint density at radius 1 is 1.04 bits per heavy atom. The van der Waals surface area contributed by atoms with Crippen molar-refractivity contribution >= 4 is 27.3 Å². The Hall–Kier alpha value is -2.48. The van der Waals surface area contributed by atoms with E-state index in [0.29, 0.717) is 5.56 Å². The van der Waals surface area contributed by atoms with Gasteiger partial charge in [-0.2, -0.15) is 4.72 Å². The predicted molar refractivity (Wildman–Crippen MR) is 105 cm³/mol. The maximum Gasteiger partial charge on any atom is 0.338 e. The molecule has 0 unspecified atom stereocenters. The molecule has 3 rings (SSSR count). The van der Waals surface area contributed by atoms with E-state index in [1.54, 1.807) is 6.92 Å². The van der Waals surface area contributed by atoms with Crippen LogP contribution >= 0.6 is 11.3 Å². The quantitative estimate of drug-likeness (QED) is 0.608. The lowest BCUT2D eigenvalue weighted by Gasteiger charge is -2.18. The number of nitrogens with one attached hydrogen (secondary N) is 1.